The monoisotopic (exact) mass is 371 g/mol. The maximum atomic E-state index is 10.1. The van der Waals surface area contributed by atoms with E-state index in [9.17, 15) is 5.11 Å². The van der Waals surface area contributed by atoms with Crippen LogP contribution in [0.3, 0.4) is 0 Å². The highest BCUT2D eigenvalue weighted by Crippen LogP contribution is 2.12. The van der Waals surface area contributed by atoms with Crippen LogP contribution in [0.4, 0.5) is 0 Å². The fourth-order valence-corrected chi connectivity index (χ4v) is 3.37. The first-order chi connectivity index (χ1) is 12.7. The van der Waals surface area contributed by atoms with Crippen molar-refractivity contribution in [2.45, 2.75) is 135 Å². The predicted molar refractivity (Wildman–Crippen MR) is 115 cm³/mol. The Morgan fingerprint density at radius 2 is 1.08 bits per heavy atom. The van der Waals surface area contributed by atoms with E-state index in [2.05, 4.69) is 13.8 Å². The second kappa shape index (κ2) is 21.2. The quantitative estimate of drug-likeness (QED) is 0.231. The molecule has 0 aliphatic carbocycles. The summed E-state index contributed by atoms with van der Waals surface area (Å²) in [6, 6.07) is -0.131. The van der Waals surface area contributed by atoms with E-state index in [4.69, 9.17) is 10.5 Å². The Hall–Kier alpha value is -0.120. The molecule has 2 atom stereocenters. The minimum absolute atomic E-state index is 0.131. The van der Waals surface area contributed by atoms with Gasteiger partial charge in [-0.3, -0.25) is 0 Å². The number of hydrogen-bond donors (Lipinski definition) is 2. The van der Waals surface area contributed by atoms with Gasteiger partial charge in [0.1, 0.15) is 0 Å². The molecule has 158 valence electrons. The van der Waals surface area contributed by atoms with Gasteiger partial charge in [0, 0.05) is 12.6 Å². The highest BCUT2D eigenvalue weighted by Gasteiger charge is 2.14. The van der Waals surface area contributed by atoms with Crippen molar-refractivity contribution in [2.24, 2.45) is 5.73 Å². The molecule has 0 aromatic heterocycles. The zero-order valence-electron chi connectivity index (χ0n) is 18.0. The summed E-state index contributed by atoms with van der Waals surface area (Å²) in [7, 11) is 0. The van der Waals surface area contributed by atoms with Crippen LogP contribution < -0.4 is 5.73 Å². The molecule has 0 aliphatic rings. The molecule has 0 radical (unpaired) electrons. The fraction of sp³-hybridized carbons (Fsp3) is 1.00. The summed E-state index contributed by atoms with van der Waals surface area (Å²) >= 11 is 0. The molecule has 0 fully saturated rings. The number of hydrogen-bond acceptors (Lipinski definition) is 3. The van der Waals surface area contributed by atoms with Gasteiger partial charge in [-0.15, -0.1) is 0 Å². The number of rotatable bonds is 21. The second-order valence-electron chi connectivity index (χ2n) is 8.04. The molecule has 2 unspecified atom stereocenters. The van der Waals surface area contributed by atoms with Crippen LogP contribution in [-0.2, 0) is 4.74 Å². The summed E-state index contributed by atoms with van der Waals surface area (Å²) < 4.78 is 5.61. The van der Waals surface area contributed by atoms with Crippen LogP contribution in [0, 0.1) is 0 Å². The smallest absolute Gasteiger partial charge is 0.0924 e. The Morgan fingerprint density at radius 3 is 1.58 bits per heavy atom. The zero-order chi connectivity index (χ0) is 19.3. The maximum absolute atomic E-state index is 10.1. The number of unbranched alkanes of at least 4 members (excludes halogenated alkanes) is 14. The molecule has 3 nitrogen and oxygen atoms in total. The summed E-state index contributed by atoms with van der Waals surface area (Å²) in [6.07, 6.45) is 21.3. The second-order valence-corrected chi connectivity index (χ2v) is 8.04. The lowest BCUT2D eigenvalue weighted by Gasteiger charge is -2.18. The molecule has 3 N–H and O–H groups in total. The van der Waals surface area contributed by atoms with E-state index in [0.29, 0.717) is 6.61 Å². The highest BCUT2D eigenvalue weighted by molar-refractivity contribution is 4.71. The van der Waals surface area contributed by atoms with Gasteiger partial charge in [0.2, 0.25) is 0 Å². The number of aliphatic hydroxyl groups excluding tert-OH is 1. The third-order valence-electron chi connectivity index (χ3n) is 5.32. The first-order valence-electron chi connectivity index (χ1n) is 11.7. The normalized spacial score (nSPS) is 13.8. The van der Waals surface area contributed by atoms with Crippen molar-refractivity contribution in [1.29, 1.82) is 0 Å². The van der Waals surface area contributed by atoms with Crippen LogP contribution >= 0.6 is 0 Å². The summed E-state index contributed by atoms with van der Waals surface area (Å²) in [5.74, 6) is 0. The molecule has 0 aliphatic heterocycles. The molecule has 0 saturated carbocycles. The van der Waals surface area contributed by atoms with Gasteiger partial charge in [0.15, 0.2) is 0 Å². The lowest BCUT2D eigenvalue weighted by atomic mass is 10.0. The molecule has 26 heavy (non-hydrogen) atoms. The molecular formula is C23H49NO2. The van der Waals surface area contributed by atoms with Crippen molar-refractivity contribution in [3.63, 3.8) is 0 Å². The SMILES string of the molecule is CCCCCCCCCCOCC(O)C(N)CCCCCCCCCC. The minimum Gasteiger partial charge on any atom is -0.389 e. The first kappa shape index (κ1) is 25.9. The fourth-order valence-electron chi connectivity index (χ4n) is 3.37. The van der Waals surface area contributed by atoms with Gasteiger partial charge in [-0.1, -0.05) is 110 Å². The van der Waals surface area contributed by atoms with Crippen LogP contribution in [0.25, 0.3) is 0 Å². The van der Waals surface area contributed by atoms with Crippen molar-refractivity contribution < 1.29 is 9.84 Å². The zero-order valence-corrected chi connectivity index (χ0v) is 18.0. The van der Waals surface area contributed by atoms with Gasteiger partial charge in [-0.25, -0.2) is 0 Å². The Kier molecular flexibility index (Phi) is 21.1. The largest absolute Gasteiger partial charge is 0.389 e. The molecule has 0 saturated heterocycles. The molecule has 0 aromatic carbocycles. The summed E-state index contributed by atoms with van der Waals surface area (Å²) in [4.78, 5) is 0. The number of nitrogens with two attached hydrogens (primary N) is 1. The highest BCUT2D eigenvalue weighted by atomic mass is 16.5. The van der Waals surface area contributed by atoms with Crippen molar-refractivity contribution >= 4 is 0 Å². The van der Waals surface area contributed by atoms with Gasteiger partial charge in [-0.2, -0.15) is 0 Å². The average molecular weight is 372 g/mol. The molecule has 3 heteroatoms. The minimum atomic E-state index is -0.506. The molecule has 0 bridgehead atoms. The van der Waals surface area contributed by atoms with Crippen LogP contribution in [-0.4, -0.2) is 30.5 Å². The van der Waals surface area contributed by atoms with Gasteiger partial charge >= 0.3 is 0 Å². The van der Waals surface area contributed by atoms with E-state index < -0.39 is 6.10 Å². The van der Waals surface area contributed by atoms with E-state index in [1.807, 2.05) is 0 Å². The lowest BCUT2D eigenvalue weighted by Crippen LogP contribution is -2.38. The number of ether oxygens (including phenoxy) is 1. The van der Waals surface area contributed by atoms with E-state index in [1.54, 1.807) is 0 Å². The summed E-state index contributed by atoms with van der Waals surface area (Å²) in [5, 5.41) is 10.1. The van der Waals surface area contributed by atoms with Gasteiger partial charge in [0.25, 0.3) is 0 Å². The van der Waals surface area contributed by atoms with Crippen LogP contribution in [0.5, 0.6) is 0 Å². The standard InChI is InChI=1S/C23H49NO2/c1-3-5-7-9-11-13-15-17-19-22(24)23(25)21-26-20-18-16-14-12-10-8-6-4-2/h22-23,25H,3-21,24H2,1-2H3. The van der Waals surface area contributed by atoms with Gasteiger partial charge < -0.3 is 15.6 Å². The Bertz CT molecular complexity index is 261. The Balaban J connectivity index is 3.31. The first-order valence-corrected chi connectivity index (χ1v) is 11.7. The van der Waals surface area contributed by atoms with Crippen LogP contribution in [0.2, 0.25) is 0 Å². The van der Waals surface area contributed by atoms with E-state index in [1.165, 1.54) is 89.9 Å². The molecule has 0 heterocycles. The Labute approximate surface area is 164 Å². The molecular weight excluding hydrogens is 322 g/mol. The maximum Gasteiger partial charge on any atom is 0.0924 e. The van der Waals surface area contributed by atoms with Crippen LogP contribution in [0.1, 0.15) is 123 Å². The van der Waals surface area contributed by atoms with E-state index in [-0.39, 0.29) is 6.04 Å². The third kappa shape index (κ3) is 18.7. The van der Waals surface area contributed by atoms with E-state index in [0.717, 1.165) is 25.9 Å². The van der Waals surface area contributed by atoms with Crippen molar-refractivity contribution in [2.75, 3.05) is 13.2 Å². The van der Waals surface area contributed by atoms with Gasteiger partial charge in [-0.05, 0) is 12.8 Å². The van der Waals surface area contributed by atoms with Crippen molar-refractivity contribution in [3.8, 4) is 0 Å². The summed E-state index contributed by atoms with van der Waals surface area (Å²) in [5.41, 5.74) is 6.09. The molecule has 0 rings (SSSR count). The predicted octanol–water partition coefficient (Wildman–Crippen LogP) is 6.36. The topological polar surface area (TPSA) is 55.5 Å². The number of aliphatic hydroxyl groups is 1. The van der Waals surface area contributed by atoms with Crippen molar-refractivity contribution in [1.82, 2.24) is 0 Å². The van der Waals surface area contributed by atoms with E-state index >= 15 is 0 Å². The lowest BCUT2D eigenvalue weighted by molar-refractivity contribution is 0.0203. The van der Waals surface area contributed by atoms with Crippen LogP contribution in [0.15, 0.2) is 0 Å². The summed E-state index contributed by atoms with van der Waals surface area (Å²) in [6.45, 7) is 5.67. The average Bonchev–Trinajstić information content (AvgIpc) is 2.65. The van der Waals surface area contributed by atoms with Gasteiger partial charge in [0.05, 0.1) is 12.7 Å². The molecule has 0 aromatic rings. The Morgan fingerprint density at radius 1 is 0.654 bits per heavy atom. The molecule has 0 amide bonds. The third-order valence-corrected chi connectivity index (χ3v) is 5.32. The van der Waals surface area contributed by atoms with Crippen molar-refractivity contribution in [3.05, 3.63) is 0 Å². The molecule has 0 spiro atoms.